The summed E-state index contributed by atoms with van der Waals surface area (Å²) < 4.78 is 37.6. The quantitative estimate of drug-likeness (QED) is 0.905. The van der Waals surface area contributed by atoms with Crippen LogP contribution in [0.2, 0.25) is 0 Å². The van der Waals surface area contributed by atoms with Crippen LogP contribution in [0.1, 0.15) is 22.8 Å². The van der Waals surface area contributed by atoms with Crippen molar-refractivity contribution in [2.45, 2.75) is 13.1 Å². The number of alkyl halides is 3. The van der Waals surface area contributed by atoms with Crippen molar-refractivity contribution < 1.29 is 22.8 Å². The molecule has 0 aliphatic heterocycles. The number of benzene rings is 1. The second-order valence-corrected chi connectivity index (χ2v) is 5.53. The van der Waals surface area contributed by atoms with Crippen LogP contribution in [-0.2, 0) is 11.0 Å². The van der Waals surface area contributed by atoms with Gasteiger partial charge in [-0.05, 0) is 23.8 Å². The van der Waals surface area contributed by atoms with Gasteiger partial charge in [-0.3, -0.25) is 9.59 Å². The molecule has 0 radical (unpaired) electrons. The molecule has 0 saturated heterocycles. The van der Waals surface area contributed by atoms with Crippen LogP contribution in [0.15, 0.2) is 30.3 Å². The lowest BCUT2D eigenvalue weighted by atomic mass is 10.1. The van der Waals surface area contributed by atoms with Crippen molar-refractivity contribution in [1.82, 2.24) is 0 Å². The third kappa shape index (κ3) is 3.45. The predicted octanol–water partition coefficient (Wildman–Crippen LogP) is 3.49. The van der Waals surface area contributed by atoms with E-state index in [1.165, 1.54) is 25.1 Å². The van der Waals surface area contributed by atoms with E-state index in [1.807, 2.05) is 0 Å². The highest BCUT2D eigenvalue weighted by atomic mass is 32.1. The molecule has 8 heteroatoms. The summed E-state index contributed by atoms with van der Waals surface area (Å²) in [5, 5.41) is 2.75. The Morgan fingerprint density at radius 1 is 1.18 bits per heavy atom. The van der Waals surface area contributed by atoms with E-state index in [4.69, 9.17) is 5.73 Å². The van der Waals surface area contributed by atoms with Crippen LogP contribution in [0.25, 0.3) is 10.4 Å². The van der Waals surface area contributed by atoms with Gasteiger partial charge in [0.1, 0.15) is 5.00 Å². The molecule has 2 amide bonds. The molecule has 1 aromatic carbocycles. The molecule has 0 unspecified atom stereocenters. The Labute approximate surface area is 127 Å². The number of nitrogens with one attached hydrogen (secondary N) is 1. The van der Waals surface area contributed by atoms with Gasteiger partial charge in [-0.1, -0.05) is 12.1 Å². The van der Waals surface area contributed by atoms with E-state index < -0.39 is 17.6 Å². The number of carbonyl (C=O) groups excluding carboxylic acids is 2. The molecule has 0 aliphatic carbocycles. The fraction of sp³-hybridized carbons (Fsp3) is 0.143. The molecule has 0 saturated carbocycles. The Morgan fingerprint density at radius 2 is 1.77 bits per heavy atom. The van der Waals surface area contributed by atoms with E-state index in [1.54, 1.807) is 0 Å². The monoisotopic (exact) mass is 328 g/mol. The smallest absolute Gasteiger partial charge is 0.366 e. The predicted molar refractivity (Wildman–Crippen MR) is 77.6 cm³/mol. The van der Waals surface area contributed by atoms with Gasteiger partial charge < -0.3 is 11.1 Å². The number of amides is 2. The number of carbonyl (C=O) groups is 2. The van der Waals surface area contributed by atoms with Crippen molar-refractivity contribution >= 4 is 28.2 Å². The van der Waals surface area contributed by atoms with Gasteiger partial charge in [0.15, 0.2) is 0 Å². The van der Waals surface area contributed by atoms with Crippen molar-refractivity contribution in [2.75, 3.05) is 5.32 Å². The van der Waals surface area contributed by atoms with Crippen LogP contribution in [-0.4, -0.2) is 11.8 Å². The molecule has 2 aromatic rings. The Balaban J connectivity index is 2.40. The minimum absolute atomic E-state index is 0.120. The van der Waals surface area contributed by atoms with Gasteiger partial charge in [-0.2, -0.15) is 13.2 Å². The lowest BCUT2D eigenvalue weighted by Crippen LogP contribution is -2.14. The van der Waals surface area contributed by atoms with Crippen LogP contribution >= 0.6 is 11.3 Å². The normalized spacial score (nSPS) is 11.3. The van der Waals surface area contributed by atoms with Crippen LogP contribution in [0.3, 0.4) is 0 Å². The molecular weight excluding hydrogens is 317 g/mol. The van der Waals surface area contributed by atoms with Crippen molar-refractivity contribution in [3.8, 4) is 10.4 Å². The van der Waals surface area contributed by atoms with Gasteiger partial charge in [0.05, 0.1) is 11.1 Å². The molecule has 116 valence electrons. The van der Waals surface area contributed by atoms with E-state index in [2.05, 4.69) is 5.32 Å². The number of rotatable bonds is 3. The van der Waals surface area contributed by atoms with Gasteiger partial charge >= 0.3 is 6.18 Å². The molecule has 3 N–H and O–H groups in total. The van der Waals surface area contributed by atoms with Crippen LogP contribution < -0.4 is 11.1 Å². The van der Waals surface area contributed by atoms with Crippen LogP contribution in [0, 0.1) is 0 Å². The van der Waals surface area contributed by atoms with Crippen molar-refractivity contribution in [1.29, 1.82) is 0 Å². The summed E-state index contributed by atoms with van der Waals surface area (Å²) in [4.78, 5) is 23.0. The standard InChI is InChI=1S/C14H11F3N2O2S/c1-7(20)19-13-10(12(18)21)6-11(22-13)8-2-4-9(5-3-8)14(15,16)17/h2-6H,1H3,(H2,18,21)(H,19,20). The highest BCUT2D eigenvalue weighted by molar-refractivity contribution is 7.20. The molecular formula is C14H11F3N2O2S. The molecule has 0 aliphatic rings. The van der Waals surface area contributed by atoms with Crippen molar-refractivity contribution in [2.24, 2.45) is 5.73 Å². The Hall–Kier alpha value is -2.35. The third-order valence-corrected chi connectivity index (χ3v) is 3.88. The van der Waals surface area contributed by atoms with Gasteiger partial charge in [-0.25, -0.2) is 0 Å². The summed E-state index contributed by atoms with van der Waals surface area (Å²) in [6.45, 7) is 1.28. The van der Waals surface area contributed by atoms with E-state index >= 15 is 0 Å². The average molecular weight is 328 g/mol. The first-order valence-corrected chi connectivity index (χ1v) is 6.89. The number of hydrogen-bond donors (Lipinski definition) is 2. The Morgan fingerprint density at radius 3 is 2.23 bits per heavy atom. The summed E-state index contributed by atoms with van der Waals surface area (Å²) >= 11 is 1.07. The molecule has 1 aromatic heterocycles. The molecule has 1 heterocycles. The minimum atomic E-state index is -4.41. The third-order valence-electron chi connectivity index (χ3n) is 2.78. The molecule has 0 fully saturated rings. The summed E-state index contributed by atoms with van der Waals surface area (Å²) in [6, 6.07) is 5.96. The minimum Gasteiger partial charge on any atom is -0.366 e. The number of thiophene rings is 1. The highest BCUT2D eigenvalue weighted by Crippen LogP contribution is 2.37. The number of primary amides is 1. The van der Waals surface area contributed by atoms with E-state index in [9.17, 15) is 22.8 Å². The fourth-order valence-electron chi connectivity index (χ4n) is 1.79. The lowest BCUT2D eigenvalue weighted by molar-refractivity contribution is -0.137. The maximum Gasteiger partial charge on any atom is 0.416 e. The van der Waals surface area contributed by atoms with Gasteiger partial charge in [0, 0.05) is 11.8 Å². The maximum absolute atomic E-state index is 12.5. The molecule has 0 bridgehead atoms. The number of nitrogens with two attached hydrogens (primary N) is 1. The largest absolute Gasteiger partial charge is 0.416 e. The second kappa shape index (κ2) is 5.80. The van der Waals surface area contributed by atoms with E-state index in [0.29, 0.717) is 10.4 Å². The first-order valence-electron chi connectivity index (χ1n) is 6.07. The molecule has 0 spiro atoms. The lowest BCUT2D eigenvalue weighted by Gasteiger charge is -2.06. The summed E-state index contributed by atoms with van der Waals surface area (Å²) in [5.74, 6) is -1.10. The summed E-state index contributed by atoms with van der Waals surface area (Å²) in [5.41, 5.74) is 5.09. The van der Waals surface area contributed by atoms with Gasteiger partial charge in [0.25, 0.3) is 5.91 Å². The molecule has 4 nitrogen and oxygen atoms in total. The Bertz CT molecular complexity index is 721. The van der Waals surface area contributed by atoms with E-state index in [0.717, 1.165) is 23.5 Å². The number of halogens is 3. The maximum atomic E-state index is 12.5. The zero-order valence-corrected chi connectivity index (χ0v) is 12.1. The zero-order valence-electron chi connectivity index (χ0n) is 11.3. The fourth-order valence-corrected chi connectivity index (χ4v) is 2.91. The highest BCUT2D eigenvalue weighted by Gasteiger charge is 2.30. The summed E-state index contributed by atoms with van der Waals surface area (Å²) in [7, 11) is 0. The SMILES string of the molecule is CC(=O)Nc1sc(-c2ccc(C(F)(F)F)cc2)cc1C(N)=O. The van der Waals surface area contributed by atoms with Crippen LogP contribution in [0.5, 0.6) is 0 Å². The van der Waals surface area contributed by atoms with E-state index in [-0.39, 0.29) is 16.5 Å². The average Bonchev–Trinajstić information content (AvgIpc) is 2.81. The van der Waals surface area contributed by atoms with Crippen LogP contribution in [0.4, 0.5) is 18.2 Å². The molecule has 0 atom stereocenters. The molecule has 2 rings (SSSR count). The summed E-state index contributed by atoms with van der Waals surface area (Å²) in [6.07, 6.45) is -4.41. The molecule has 22 heavy (non-hydrogen) atoms. The number of anilines is 1. The topological polar surface area (TPSA) is 72.2 Å². The number of hydrogen-bond acceptors (Lipinski definition) is 3. The first-order chi connectivity index (χ1) is 10.2. The van der Waals surface area contributed by atoms with Gasteiger partial charge in [-0.15, -0.1) is 11.3 Å². The zero-order chi connectivity index (χ0) is 16.5. The van der Waals surface area contributed by atoms with Crippen molar-refractivity contribution in [3.63, 3.8) is 0 Å². The van der Waals surface area contributed by atoms with Gasteiger partial charge in [0.2, 0.25) is 5.91 Å². The Kier molecular flexibility index (Phi) is 4.23. The first kappa shape index (κ1) is 16.0. The second-order valence-electron chi connectivity index (χ2n) is 4.47. The van der Waals surface area contributed by atoms with Crippen molar-refractivity contribution in [3.05, 3.63) is 41.5 Å².